The van der Waals surface area contributed by atoms with E-state index >= 15 is 0 Å². The molecule has 132 heavy (non-hydrogen) atoms. The fraction of sp³-hybridized carbons (Fsp3) is 0.132. The zero-order chi connectivity index (χ0) is 104. The van der Waals surface area contributed by atoms with Gasteiger partial charge < -0.3 is 32.6 Å². The van der Waals surface area contributed by atoms with Crippen LogP contribution in [0.5, 0.6) is 0 Å². The van der Waals surface area contributed by atoms with Gasteiger partial charge in [0, 0.05) is 99.2 Å². The number of fused-ring (bicyclic) bond motifs is 19. The van der Waals surface area contributed by atoms with Crippen molar-refractivity contribution < 1.29 is 21.9 Å². The zero-order valence-corrected chi connectivity index (χ0v) is 74.7. The van der Waals surface area contributed by atoms with Crippen LogP contribution in [-0.4, -0.2) is 29.5 Å². The molecule has 0 aliphatic carbocycles. The van der Waals surface area contributed by atoms with Crippen molar-refractivity contribution >= 4 is 166 Å². The Hall–Kier alpha value is -16.1. The molecule has 0 amide bonds. The van der Waals surface area contributed by atoms with E-state index in [0.717, 1.165) is 98.4 Å². The van der Waals surface area contributed by atoms with Crippen LogP contribution in [0, 0.1) is 34.0 Å². The zero-order valence-electron chi connectivity index (χ0n) is 90.7. The summed E-state index contributed by atoms with van der Waals surface area (Å²) in [5.41, 5.74) is 11.9. The molecule has 0 N–H and O–H groups in total. The van der Waals surface area contributed by atoms with Gasteiger partial charge in [-0.1, -0.05) is 265 Å². The number of nitriles is 3. The van der Waals surface area contributed by atoms with Crippen molar-refractivity contribution in [2.45, 2.75) is 105 Å². The molecule has 0 unspecified atom stereocenters. The van der Waals surface area contributed by atoms with Gasteiger partial charge in [0.05, 0.1) is 123 Å². The van der Waals surface area contributed by atoms with E-state index in [9.17, 15) is 36.3 Å². The fourth-order valence-corrected chi connectivity index (χ4v) is 20.8. The third kappa shape index (κ3) is 12.0. The van der Waals surface area contributed by atoms with Gasteiger partial charge in [0.1, 0.15) is 12.1 Å². The normalized spacial score (nSPS) is 14.6. The van der Waals surface area contributed by atoms with Crippen LogP contribution in [0.25, 0.3) is 160 Å². The van der Waals surface area contributed by atoms with Gasteiger partial charge in [-0.25, -0.2) is 0 Å². The Balaban J connectivity index is 0.947. The molecule has 0 spiro atoms. The molecule has 0 atom stereocenters. The SMILES string of the molecule is [2H]c1c([2H])c([2H])c(-c2c(-n3c4ccccc4c4ccccc43)ccc(C#N)c2N2c3cc(-n4c5ccc(C(C)(C)C)cc5c5cc(C(C)(C)C)ccc54)ccc3B3c4ccc(-n5c6ccc(C(C)(C)C)cc6c6cc(C(C)(C)C)ccc65)cc4N(c4cc(-n5c6ccccc6c6ccccc65)ccc4C#N)c4cc(-n5c6c([2H])c([2H])c(C#N)c([2H])c6c6c([2H])c([2H])c(-c7c([2H])c([2H])c([2H])c([2H])c7[2H])c([2H])c65)cc2c43)c([2H])c1[2H]. The summed E-state index contributed by atoms with van der Waals surface area (Å²) >= 11 is 0. The number of rotatable bonds is 9. The molecule has 630 valence electrons. The first-order chi connectivity index (χ1) is 70.6. The van der Waals surface area contributed by atoms with E-state index in [1.165, 1.54) is 4.57 Å². The summed E-state index contributed by atoms with van der Waals surface area (Å²) < 4.78 is 170. The lowest BCUT2D eigenvalue weighted by atomic mass is 9.33. The van der Waals surface area contributed by atoms with Crippen LogP contribution in [0.3, 0.4) is 0 Å². The standard InChI is InChI=1S/C121H93BN10/c1-118(2,3)79-43-55-104-93(61-79)94-62-80(119(4,5)6)44-56-105(94)127(104)84-48-51-97-111(66-84)131(109-65-83(47-40-77(109)71-124)126-99-35-23-19-31-87(99)88-32-20-24-36-100(88)126)113-68-86(129-103-53-39-73(70-123)59-92(103)91-50-41-76(60-110(91)129)74-27-15-13-16-28-74)69-114-116(113)122(97)98-52-49-85(128-106-57-45-81(120(7,8)9)63-95(106)96-64-82(121(10,11)12)46-58-107(96)128)67-112(98)132(114)117-78(72-125)42-54-108(115(117)75-29-17-14-18-30-75)130-101-37-25-21-33-89(101)90-34-22-26-38-102(90)130/h13-69H,1-12H3/i13D,14D,15D,16D,17D,18D,27D,28D,29D,30D,39D,41D,50D,53D,59D,60D. The number of aromatic nitrogens is 5. The van der Waals surface area contributed by atoms with E-state index in [-0.39, 0.29) is 94.2 Å². The number of anilines is 6. The van der Waals surface area contributed by atoms with E-state index in [1.54, 1.807) is 30.3 Å². The van der Waals surface area contributed by atoms with Crippen LogP contribution in [0.2, 0.25) is 0 Å². The Morgan fingerprint density at radius 1 is 0.265 bits per heavy atom. The maximum atomic E-state index is 13.0. The van der Waals surface area contributed by atoms with Crippen LogP contribution >= 0.6 is 0 Å². The van der Waals surface area contributed by atoms with E-state index in [0.29, 0.717) is 61.5 Å². The van der Waals surface area contributed by atoms with Crippen molar-refractivity contribution in [3.05, 3.63) is 384 Å². The smallest absolute Gasteiger partial charge is 0.252 e. The molecule has 17 aromatic carbocycles. The minimum atomic E-state index is -1.01. The quantitative estimate of drug-likeness (QED) is 0.134. The predicted molar refractivity (Wildman–Crippen MR) is 552 cm³/mol. The maximum Gasteiger partial charge on any atom is 0.252 e. The Morgan fingerprint density at radius 2 is 0.659 bits per heavy atom. The van der Waals surface area contributed by atoms with Crippen LogP contribution in [0.1, 0.15) is 144 Å². The predicted octanol–water partition coefficient (Wildman–Crippen LogP) is 29.4. The Bertz CT molecular complexity index is 9650. The minimum Gasteiger partial charge on any atom is -0.310 e. The molecular weight excluding hydrogens is 1600 g/mol. The molecule has 2 aliphatic heterocycles. The lowest BCUT2D eigenvalue weighted by Crippen LogP contribution is -2.61. The Labute approximate surface area is 790 Å². The fourth-order valence-electron chi connectivity index (χ4n) is 20.8. The minimum absolute atomic E-state index is 0.0258. The van der Waals surface area contributed by atoms with Gasteiger partial charge in [-0.15, -0.1) is 0 Å². The van der Waals surface area contributed by atoms with E-state index in [4.69, 9.17) is 1.37 Å². The van der Waals surface area contributed by atoms with Crippen LogP contribution in [0.15, 0.2) is 345 Å². The molecule has 0 saturated heterocycles. The molecule has 22 aromatic rings. The van der Waals surface area contributed by atoms with Crippen molar-refractivity contribution in [3.63, 3.8) is 0 Å². The summed E-state index contributed by atoms with van der Waals surface area (Å²) in [4.78, 5) is 3.92. The third-order valence-electron chi connectivity index (χ3n) is 27.2. The van der Waals surface area contributed by atoms with Crippen LogP contribution in [-0.2, 0) is 21.7 Å². The van der Waals surface area contributed by atoms with Gasteiger partial charge in [-0.2, -0.15) is 15.8 Å². The average Bonchev–Trinajstić information content (AvgIpc) is 1.58. The third-order valence-corrected chi connectivity index (χ3v) is 27.2. The van der Waals surface area contributed by atoms with Crippen molar-refractivity contribution in [2.24, 2.45) is 0 Å². The largest absolute Gasteiger partial charge is 0.310 e. The second-order valence-corrected chi connectivity index (χ2v) is 39.0. The highest BCUT2D eigenvalue weighted by Crippen LogP contribution is 2.55. The van der Waals surface area contributed by atoms with E-state index in [1.807, 2.05) is 117 Å². The molecule has 0 bridgehead atoms. The number of para-hydroxylation sites is 4. The van der Waals surface area contributed by atoms with Crippen molar-refractivity contribution in [3.8, 4) is 68.9 Å². The first-order valence-electron chi connectivity index (χ1n) is 52.5. The number of benzene rings is 17. The van der Waals surface area contributed by atoms with E-state index in [2.05, 4.69) is 230 Å². The summed E-state index contributed by atoms with van der Waals surface area (Å²) in [6.45, 7) is 25.3. The molecule has 24 rings (SSSR count). The molecule has 2 aliphatic rings. The first kappa shape index (κ1) is 63.7. The second kappa shape index (κ2) is 28.9. The van der Waals surface area contributed by atoms with Gasteiger partial charge in [-0.05, 0) is 241 Å². The first-order valence-corrected chi connectivity index (χ1v) is 44.5. The summed E-state index contributed by atoms with van der Waals surface area (Å²) in [6, 6.07) is 78.7. The van der Waals surface area contributed by atoms with Crippen molar-refractivity contribution in [1.29, 1.82) is 15.8 Å². The Kier molecular flexibility index (Phi) is 14.0. The summed E-state index contributed by atoms with van der Waals surface area (Å²) in [6.07, 6.45) is 0. The van der Waals surface area contributed by atoms with Crippen molar-refractivity contribution in [1.82, 2.24) is 22.8 Å². The highest BCUT2D eigenvalue weighted by molar-refractivity contribution is 7.00. The molecule has 7 heterocycles. The monoisotopic (exact) mass is 1710 g/mol. The van der Waals surface area contributed by atoms with Crippen molar-refractivity contribution in [2.75, 3.05) is 9.80 Å². The summed E-state index contributed by atoms with van der Waals surface area (Å²) in [5.74, 6) is 0. The maximum absolute atomic E-state index is 13.0. The van der Waals surface area contributed by atoms with Gasteiger partial charge in [0.2, 0.25) is 0 Å². The second-order valence-electron chi connectivity index (χ2n) is 39.0. The van der Waals surface area contributed by atoms with Gasteiger partial charge in [0.15, 0.2) is 0 Å². The molecule has 0 fully saturated rings. The number of nitrogens with zero attached hydrogens (tertiary/aromatic N) is 10. The van der Waals surface area contributed by atoms with Crippen LogP contribution < -0.4 is 26.2 Å². The molecular formula is C121H93BN10. The molecule has 11 heteroatoms. The van der Waals surface area contributed by atoms with Gasteiger partial charge in [-0.3, -0.25) is 0 Å². The Morgan fingerprint density at radius 3 is 1.11 bits per heavy atom. The molecule has 0 saturated carbocycles. The molecule has 5 aromatic heterocycles. The van der Waals surface area contributed by atoms with Gasteiger partial charge >= 0.3 is 0 Å². The lowest BCUT2D eigenvalue weighted by Gasteiger charge is -2.45. The number of hydrogen-bond donors (Lipinski definition) is 0. The highest BCUT2D eigenvalue weighted by Gasteiger charge is 2.47. The number of hydrogen-bond acceptors (Lipinski definition) is 5. The molecule has 10 nitrogen and oxygen atoms in total. The van der Waals surface area contributed by atoms with E-state index < -0.39 is 120 Å². The average molecular weight is 1710 g/mol. The van der Waals surface area contributed by atoms with Crippen LogP contribution in [0.4, 0.5) is 34.1 Å². The summed E-state index contributed by atoms with van der Waals surface area (Å²) in [7, 11) is 0. The topological polar surface area (TPSA) is 102 Å². The summed E-state index contributed by atoms with van der Waals surface area (Å²) in [5, 5.41) is 43.6. The molecule has 0 radical (unpaired) electrons. The highest BCUT2D eigenvalue weighted by atomic mass is 15.2. The lowest BCUT2D eigenvalue weighted by molar-refractivity contribution is 0.590. The van der Waals surface area contributed by atoms with Gasteiger partial charge in [0.25, 0.3) is 6.71 Å².